The molecule has 146 valence electrons. The van der Waals surface area contributed by atoms with E-state index in [2.05, 4.69) is 15.5 Å². The average molecular weight is 406 g/mol. The summed E-state index contributed by atoms with van der Waals surface area (Å²) in [6.07, 6.45) is -4.54. The van der Waals surface area contributed by atoms with Crippen LogP contribution in [0.1, 0.15) is 17.0 Å². The van der Waals surface area contributed by atoms with Crippen LogP contribution in [0.3, 0.4) is 0 Å². The van der Waals surface area contributed by atoms with Crippen LogP contribution in [0.15, 0.2) is 59.8 Å². The van der Waals surface area contributed by atoms with Gasteiger partial charge in [0.15, 0.2) is 5.16 Å². The molecule has 1 heterocycles. The molecule has 0 saturated heterocycles. The molecule has 0 fully saturated rings. The molecule has 3 rings (SSSR count). The Labute approximate surface area is 164 Å². The summed E-state index contributed by atoms with van der Waals surface area (Å²) in [4.78, 5) is 12.2. The molecule has 0 spiro atoms. The monoisotopic (exact) mass is 406 g/mol. The first kappa shape index (κ1) is 19.9. The summed E-state index contributed by atoms with van der Waals surface area (Å²) in [5, 5.41) is 11.0. The summed E-state index contributed by atoms with van der Waals surface area (Å²) >= 11 is 1.12. The number of nitrogens with one attached hydrogen (secondary N) is 1. The van der Waals surface area contributed by atoms with Crippen LogP contribution in [0.2, 0.25) is 0 Å². The van der Waals surface area contributed by atoms with Crippen molar-refractivity contribution in [3.05, 3.63) is 71.5 Å². The van der Waals surface area contributed by atoms with Gasteiger partial charge < -0.3 is 9.88 Å². The molecule has 1 aromatic heterocycles. The normalized spacial score (nSPS) is 11.4. The van der Waals surface area contributed by atoms with E-state index in [1.54, 1.807) is 6.92 Å². The van der Waals surface area contributed by atoms with Gasteiger partial charge in [0.1, 0.15) is 5.82 Å². The molecule has 0 bridgehead atoms. The second kappa shape index (κ2) is 8.47. The van der Waals surface area contributed by atoms with Gasteiger partial charge in [-0.2, -0.15) is 13.2 Å². The fourth-order valence-corrected chi connectivity index (χ4v) is 3.36. The van der Waals surface area contributed by atoms with Crippen LogP contribution in [0.25, 0.3) is 0 Å². The number of hydrogen-bond donors (Lipinski definition) is 1. The lowest BCUT2D eigenvalue weighted by Crippen LogP contribution is -2.18. The molecule has 9 heteroatoms. The van der Waals surface area contributed by atoms with E-state index < -0.39 is 17.6 Å². The Balaban J connectivity index is 1.66. The zero-order valence-corrected chi connectivity index (χ0v) is 15.7. The van der Waals surface area contributed by atoms with Crippen molar-refractivity contribution in [3.63, 3.8) is 0 Å². The molecule has 0 aliphatic carbocycles. The maximum Gasteiger partial charge on any atom is 0.418 e. The van der Waals surface area contributed by atoms with Crippen LogP contribution in [-0.2, 0) is 17.5 Å². The van der Waals surface area contributed by atoms with Gasteiger partial charge in [-0.3, -0.25) is 4.79 Å². The van der Waals surface area contributed by atoms with Crippen molar-refractivity contribution in [3.8, 4) is 0 Å². The van der Waals surface area contributed by atoms with E-state index in [1.165, 1.54) is 18.2 Å². The van der Waals surface area contributed by atoms with E-state index in [0.717, 1.165) is 23.4 Å². The minimum Gasteiger partial charge on any atom is -0.325 e. The quantitative estimate of drug-likeness (QED) is 0.617. The number of para-hydroxylation sites is 1. The highest BCUT2D eigenvalue weighted by Crippen LogP contribution is 2.34. The van der Waals surface area contributed by atoms with Gasteiger partial charge in [-0.25, -0.2) is 0 Å². The predicted molar refractivity (Wildman–Crippen MR) is 101 cm³/mol. The van der Waals surface area contributed by atoms with Gasteiger partial charge in [-0.1, -0.05) is 54.2 Å². The minimum atomic E-state index is -4.54. The number of hydrogen-bond acceptors (Lipinski definition) is 4. The summed E-state index contributed by atoms with van der Waals surface area (Å²) in [6, 6.07) is 14.6. The number of halogens is 3. The molecular formula is C19H17F3N4OS. The fourth-order valence-electron chi connectivity index (χ4n) is 2.57. The number of aromatic nitrogens is 3. The zero-order valence-electron chi connectivity index (χ0n) is 14.9. The Hall–Kier alpha value is -2.81. The largest absolute Gasteiger partial charge is 0.418 e. The standard InChI is InChI=1S/C19H17F3N4OS/c1-13-24-25-18(26(13)11-14-7-3-2-4-8-14)28-12-17(27)23-16-10-6-5-9-15(16)19(20,21)22/h2-10H,11-12H2,1H3,(H,23,27). The van der Waals surface area contributed by atoms with Gasteiger partial charge in [0, 0.05) is 0 Å². The summed E-state index contributed by atoms with van der Waals surface area (Å²) in [5.41, 5.74) is -0.0882. The predicted octanol–water partition coefficient (Wildman–Crippen LogP) is 4.38. The van der Waals surface area contributed by atoms with Crippen LogP contribution in [0, 0.1) is 6.92 Å². The molecule has 0 saturated carbocycles. The fraction of sp³-hybridized carbons (Fsp3) is 0.211. The van der Waals surface area contributed by atoms with Gasteiger partial charge in [-0.15, -0.1) is 10.2 Å². The number of thioether (sulfide) groups is 1. The number of alkyl halides is 3. The molecule has 1 amide bonds. The third-order valence-corrected chi connectivity index (χ3v) is 4.89. The summed E-state index contributed by atoms with van der Waals surface area (Å²) in [6.45, 7) is 2.35. The van der Waals surface area contributed by atoms with Crippen LogP contribution in [0.4, 0.5) is 18.9 Å². The van der Waals surface area contributed by atoms with Crippen molar-refractivity contribution >= 4 is 23.4 Å². The number of carbonyl (C=O) groups excluding carboxylic acids is 1. The van der Waals surface area contributed by atoms with Crippen molar-refractivity contribution in [1.29, 1.82) is 0 Å². The van der Waals surface area contributed by atoms with E-state index in [0.29, 0.717) is 17.5 Å². The average Bonchev–Trinajstić information content (AvgIpc) is 3.00. The second-order valence-corrected chi connectivity index (χ2v) is 6.92. The summed E-state index contributed by atoms with van der Waals surface area (Å²) < 4.78 is 41.0. The van der Waals surface area contributed by atoms with Crippen molar-refractivity contribution in [2.75, 3.05) is 11.1 Å². The lowest BCUT2D eigenvalue weighted by Gasteiger charge is -2.13. The van der Waals surface area contributed by atoms with Crippen molar-refractivity contribution in [2.24, 2.45) is 0 Å². The highest BCUT2D eigenvalue weighted by molar-refractivity contribution is 7.99. The number of nitrogens with zero attached hydrogens (tertiary/aromatic N) is 3. The van der Waals surface area contributed by atoms with Crippen LogP contribution >= 0.6 is 11.8 Å². The number of anilines is 1. The van der Waals surface area contributed by atoms with E-state index in [9.17, 15) is 18.0 Å². The number of amides is 1. The summed E-state index contributed by atoms with van der Waals surface area (Å²) in [5.74, 6) is 0.0573. The van der Waals surface area contributed by atoms with Crippen LogP contribution in [0.5, 0.6) is 0 Å². The molecule has 2 aromatic carbocycles. The molecule has 0 aliphatic heterocycles. The maximum atomic E-state index is 13.0. The Morgan fingerprint density at radius 1 is 1.07 bits per heavy atom. The first-order valence-corrected chi connectivity index (χ1v) is 9.36. The maximum absolute atomic E-state index is 13.0. The first-order valence-electron chi connectivity index (χ1n) is 8.37. The number of carbonyl (C=O) groups is 1. The lowest BCUT2D eigenvalue weighted by molar-refractivity contribution is -0.137. The molecule has 28 heavy (non-hydrogen) atoms. The van der Waals surface area contributed by atoms with E-state index in [4.69, 9.17) is 0 Å². The molecule has 0 radical (unpaired) electrons. The SMILES string of the molecule is Cc1nnc(SCC(=O)Nc2ccccc2C(F)(F)F)n1Cc1ccccc1. The molecule has 5 nitrogen and oxygen atoms in total. The van der Waals surface area contributed by atoms with E-state index in [1.807, 2.05) is 34.9 Å². The molecule has 1 N–H and O–H groups in total. The highest BCUT2D eigenvalue weighted by Gasteiger charge is 2.33. The number of aryl methyl sites for hydroxylation is 1. The van der Waals surface area contributed by atoms with Gasteiger partial charge >= 0.3 is 6.18 Å². The van der Waals surface area contributed by atoms with Gasteiger partial charge in [0.2, 0.25) is 5.91 Å². The Morgan fingerprint density at radius 2 is 1.75 bits per heavy atom. The van der Waals surface area contributed by atoms with Gasteiger partial charge in [0.05, 0.1) is 23.5 Å². The molecule has 0 aliphatic rings. The van der Waals surface area contributed by atoms with Crippen LogP contribution in [-0.4, -0.2) is 26.4 Å². The highest BCUT2D eigenvalue weighted by atomic mass is 32.2. The smallest absolute Gasteiger partial charge is 0.325 e. The van der Waals surface area contributed by atoms with E-state index >= 15 is 0 Å². The van der Waals surface area contributed by atoms with Crippen molar-refractivity contribution < 1.29 is 18.0 Å². The second-order valence-electron chi connectivity index (χ2n) is 5.98. The molecule has 0 atom stereocenters. The molecular weight excluding hydrogens is 389 g/mol. The Morgan fingerprint density at radius 3 is 2.46 bits per heavy atom. The third-order valence-electron chi connectivity index (χ3n) is 3.92. The van der Waals surface area contributed by atoms with Crippen molar-refractivity contribution in [2.45, 2.75) is 24.8 Å². The Kier molecular flexibility index (Phi) is 6.03. The third kappa shape index (κ3) is 4.92. The molecule has 3 aromatic rings. The topological polar surface area (TPSA) is 59.8 Å². The summed E-state index contributed by atoms with van der Waals surface area (Å²) in [7, 11) is 0. The molecule has 0 unspecified atom stereocenters. The number of rotatable bonds is 6. The van der Waals surface area contributed by atoms with Gasteiger partial charge in [-0.05, 0) is 24.6 Å². The van der Waals surface area contributed by atoms with Crippen LogP contribution < -0.4 is 5.32 Å². The zero-order chi connectivity index (χ0) is 20.1. The van der Waals surface area contributed by atoms with Gasteiger partial charge in [0.25, 0.3) is 0 Å². The first-order chi connectivity index (χ1) is 13.3. The minimum absolute atomic E-state index is 0.0842. The Bertz CT molecular complexity index is 957. The van der Waals surface area contributed by atoms with Crippen molar-refractivity contribution in [1.82, 2.24) is 14.8 Å². The lowest BCUT2D eigenvalue weighted by atomic mass is 10.1. The number of benzene rings is 2. The van der Waals surface area contributed by atoms with E-state index in [-0.39, 0.29) is 11.4 Å².